The number of hydrogen-bond donors (Lipinski definition) is 2. The van der Waals surface area contributed by atoms with Crippen LogP contribution in [0.15, 0.2) is 12.7 Å². The Bertz CT molecular complexity index is 123. The molecule has 0 fully saturated rings. The average Bonchev–Trinajstić information content (AvgIpc) is 2.06. The lowest BCUT2D eigenvalue weighted by Gasteiger charge is -1.91. The van der Waals surface area contributed by atoms with E-state index in [0.29, 0.717) is 12.5 Å². The highest BCUT2D eigenvalue weighted by atomic mass is 16.6. The number of hydroxylamine groups is 1. The van der Waals surface area contributed by atoms with Gasteiger partial charge in [0.05, 0.1) is 7.11 Å². The van der Waals surface area contributed by atoms with Crippen molar-refractivity contribution in [1.29, 1.82) is 0 Å². The lowest BCUT2D eigenvalue weighted by molar-refractivity contribution is -0.126. The predicted octanol–water partition coefficient (Wildman–Crippen LogP) is 0.485. The number of carbonyl (C=O) groups excluding carboxylic acids is 1. The maximum absolute atomic E-state index is 10.1. The van der Waals surface area contributed by atoms with Crippen LogP contribution in [-0.4, -0.2) is 24.7 Å². The molecule has 0 aliphatic rings. The van der Waals surface area contributed by atoms with Crippen molar-refractivity contribution in [2.75, 3.05) is 13.7 Å². The number of amides is 1. The molecule has 0 saturated heterocycles. The van der Waals surface area contributed by atoms with E-state index >= 15 is 0 Å². The molecule has 2 N–H and O–H groups in total. The first kappa shape index (κ1) is 13.7. The molecule has 0 aliphatic heterocycles. The largest absolute Gasteiger partial charge is 0.396 e. The summed E-state index contributed by atoms with van der Waals surface area (Å²) in [4.78, 5) is 14.3. The first-order valence-electron chi connectivity index (χ1n) is 3.64. The van der Waals surface area contributed by atoms with Gasteiger partial charge in [-0.2, -0.15) is 0 Å². The lowest BCUT2D eigenvalue weighted by Crippen LogP contribution is -2.18. The van der Waals surface area contributed by atoms with Crippen LogP contribution in [0.5, 0.6) is 0 Å². The van der Waals surface area contributed by atoms with Gasteiger partial charge in [0.1, 0.15) is 0 Å². The Balaban J connectivity index is 0. The van der Waals surface area contributed by atoms with Crippen LogP contribution in [0.25, 0.3) is 0 Å². The van der Waals surface area contributed by atoms with E-state index in [4.69, 9.17) is 5.11 Å². The summed E-state index contributed by atoms with van der Waals surface area (Å²) in [6, 6.07) is 0. The van der Waals surface area contributed by atoms with Crippen LogP contribution in [0, 0.1) is 5.92 Å². The van der Waals surface area contributed by atoms with Gasteiger partial charge in [-0.3, -0.25) is 9.63 Å². The topological polar surface area (TPSA) is 58.6 Å². The molecular weight excluding hydrogens is 158 g/mol. The molecule has 72 valence electrons. The molecule has 0 saturated carbocycles. The van der Waals surface area contributed by atoms with Crippen molar-refractivity contribution < 1.29 is 14.7 Å². The molecule has 12 heavy (non-hydrogen) atoms. The van der Waals surface area contributed by atoms with Crippen LogP contribution in [0.1, 0.15) is 13.8 Å². The molecule has 4 nitrogen and oxygen atoms in total. The zero-order chi connectivity index (χ0) is 9.98. The molecule has 0 heterocycles. The Hall–Kier alpha value is -0.870. The van der Waals surface area contributed by atoms with E-state index in [1.54, 1.807) is 0 Å². The van der Waals surface area contributed by atoms with Gasteiger partial charge in [0.25, 0.3) is 5.91 Å². The molecule has 0 bridgehead atoms. The van der Waals surface area contributed by atoms with Gasteiger partial charge < -0.3 is 5.11 Å². The van der Waals surface area contributed by atoms with E-state index in [1.165, 1.54) is 7.11 Å². The summed E-state index contributed by atoms with van der Waals surface area (Å²) in [6.45, 7) is 7.44. The molecule has 0 aromatic carbocycles. The van der Waals surface area contributed by atoms with E-state index in [2.05, 4.69) is 11.4 Å². The Morgan fingerprint density at radius 1 is 1.75 bits per heavy atom. The summed E-state index contributed by atoms with van der Waals surface area (Å²) in [5, 5.41) is 8.14. The molecule has 0 atom stereocenters. The fourth-order valence-corrected chi connectivity index (χ4v) is 0.142. The van der Waals surface area contributed by atoms with E-state index in [0.717, 1.165) is 6.08 Å². The summed E-state index contributed by atoms with van der Waals surface area (Å²) in [5.74, 6) is 0.109. The summed E-state index contributed by atoms with van der Waals surface area (Å²) < 4.78 is 0. The van der Waals surface area contributed by atoms with E-state index in [-0.39, 0.29) is 5.91 Å². The van der Waals surface area contributed by atoms with Crippen LogP contribution >= 0.6 is 0 Å². The fraction of sp³-hybridized carbons (Fsp3) is 0.625. The first-order valence-corrected chi connectivity index (χ1v) is 3.64. The average molecular weight is 175 g/mol. The van der Waals surface area contributed by atoms with Crippen molar-refractivity contribution in [3.63, 3.8) is 0 Å². The maximum Gasteiger partial charge on any atom is 0.266 e. The lowest BCUT2D eigenvalue weighted by atomic mass is 10.2. The van der Waals surface area contributed by atoms with Crippen molar-refractivity contribution in [3.05, 3.63) is 12.7 Å². The maximum atomic E-state index is 10.1. The minimum Gasteiger partial charge on any atom is -0.396 e. The predicted molar refractivity (Wildman–Crippen MR) is 47.3 cm³/mol. The van der Waals surface area contributed by atoms with Crippen molar-refractivity contribution >= 4 is 5.91 Å². The monoisotopic (exact) mass is 175 g/mol. The molecule has 0 aliphatic carbocycles. The van der Waals surface area contributed by atoms with Gasteiger partial charge in [-0.15, -0.1) is 0 Å². The number of aliphatic hydroxyl groups is 1. The van der Waals surface area contributed by atoms with Crippen LogP contribution in [0.2, 0.25) is 0 Å². The Kier molecular flexibility index (Phi) is 11.6. The molecule has 0 radical (unpaired) electrons. The smallest absolute Gasteiger partial charge is 0.266 e. The number of aliphatic hydroxyl groups excluding tert-OH is 1. The van der Waals surface area contributed by atoms with Crippen molar-refractivity contribution in [2.45, 2.75) is 13.8 Å². The molecule has 0 unspecified atom stereocenters. The molecule has 4 heteroatoms. The minimum absolute atomic E-state index is 0.306. The van der Waals surface area contributed by atoms with E-state index < -0.39 is 0 Å². The fourth-order valence-electron chi connectivity index (χ4n) is 0.142. The Labute approximate surface area is 73.2 Å². The quantitative estimate of drug-likeness (QED) is 0.484. The third kappa shape index (κ3) is 16.1. The summed E-state index contributed by atoms with van der Waals surface area (Å²) >= 11 is 0. The molecule has 1 amide bonds. The normalized spacial score (nSPS) is 8.42. The minimum atomic E-state index is -0.331. The van der Waals surface area contributed by atoms with Gasteiger partial charge >= 0.3 is 0 Å². The van der Waals surface area contributed by atoms with Crippen molar-refractivity contribution in [3.8, 4) is 0 Å². The second-order valence-corrected chi connectivity index (χ2v) is 2.45. The first-order chi connectivity index (χ1) is 5.58. The SMILES string of the molecule is C=CC(=O)NOC.CC(C)CO. The summed E-state index contributed by atoms with van der Waals surface area (Å²) in [5.41, 5.74) is 2.04. The Morgan fingerprint density at radius 2 is 2.17 bits per heavy atom. The zero-order valence-electron chi connectivity index (χ0n) is 7.83. The highest BCUT2D eigenvalue weighted by molar-refractivity contribution is 5.85. The van der Waals surface area contributed by atoms with Crippen LogP contribution in [0.3, 0.4) is 0 Å². The number of hydrogen-bond acceptors (Lipinski definition) is 3. The highest BCUT2D eigenvalue weighted by Gasteiger charge is 1.84. The van der Waals surface area contributed by atoms with E-state index in [9.17, 15) is 4.79 Å². The second kappa shape index (κ2) is 10.1. The van der Waals surface area contributed by atoms with Crippen molar-refractivity contribution in [1.82, 2.24) is 5.48 Å². The Morgan fingerprint density at radius 3 is 2.25 bits per heavy atom. The molecular formula is C8H17NO3. The second-order valence-electron chi connectivity index (χ2n) is 2.45. The highest BCUT2D eigenvalue weighted by Crippen LogP contribution is 1.83. The van der Waals surface area contributed by atoms with Gasteiger partial charge in [-0.05, 0) is 12.0 Å². The molecule has 0 rings (SSSR count). The van der Waals surface area contributed by atoms with Gasteiger partial charge in [-0.25, -0.2) is 5.48 Å². The zero-order valence-corrected chi connectivity index (χ0v) is 7.83. The van der Waals surface area contributed by atoms with Crippen molar-refractivity contribution in [2.24, 2.45) is 5.92 Å². The molecule has 0 aromatic rings. The van der Waals surface area contributed by atoms with Gasteiger partial charge in [0.2, 0.25) is 0 Å². The van der Waals surface area contributed by atoms with Crippen LogP contribution < -0.4 is 5.48 Å². The van der Waals surface area contributed by atoms with Crippen LogP contribution in [-0.2, 0) is 9.63 Å². The third-order valence-electron chi connectivity index (χ3n) is 0.753. The third-order valence-corrected chi connectivity index (χ3v) is 0.753. The van der Waals surface area contributed by atoms with E-state index in [1.807, 2.05) is 19.3 Å². The standard InChI is InChI=1S/C4H7NO2.C4H10O/c1-3-4(6)5-7-2;1-4(2)3-5/h3H,1H2,2H3,(H,5,6);4-5H,3H2,1-2H3. The molecule has 0 aromatic heterocycles. The summed E-state index contributed by atoms with van der Waals surface area (Å²) in [7, 11) is 1.36. The van der Waals surface area contributed by atoms with Gasteiger partial charge in [0, 0.05) is 6.61 Å². The van der Waals surface area contributed by atoms with Gasteiger partial charge in [-0.1, -0.05) is 20.4 Å². The number of rotatable bonds is 3. The number of carbonyl (C=O) groups is 1. The summed E-state index contributed by atoms with van der Waals surface area (Å²) in [6.07, 6.45) is 1.13. The molecule has 0 spiro atoms. The number of nitrogens with one attached hydrogen (secondary N) is 1. The van der Waals surface area contributed by atoms with Gasteiger partial charge in [0.15, 0.2) is 0 Å². The van der Waals surface area contributed by atoms with Crippen LogP contribution in [0.4, 0.5) is 0 Å².